The highest BCUT2D eigenvalue weighted by Gasteiger charge is 2.26. The van der Waals surface area contributed by atoms with Crippen LogP contribution in [0, 0.1) is 11.8 Å². The minimum absolute atomic E-state index is 0.389. The zero-order chi connectivity index (χ0) is 12.1. The van der Waals surface area contributed by atoms with E-state index in [4.69, 9.17) is 0 Å². The zero-order valence-corrected chi connectivity index (χ0v) is 11.1. The van der Waals surface area contributed by atoms with Crippen molar-refractivity contribution in [2.45, 2.75) is 38.5 Å². The van der Waals surface area contributed by atoms with E-state index in [-0.39, 0.29) is 0 Å². The Morgan fingerprint density at radius 3 is 2.71 bits per heavy atom. The Kier molecular flexibility index (Phi) is 4.99. The van der Waals surface area contributed by atoms with Gasteiger partial charge in [-0.05, 0) is 51.7 Å². The second kappa shape index (κ2) is 6.50. The maximum atomic E-state index is 12.1. The number of nitrogens with zero attached hydrogens (tertiary/aromatic N) is 1. The molecule has 0 bridgehead atoms. The molecule has 1 atom stereocenters. The molecule has 17 heavy (non-hydrogen) atoms. The molecule has 1 heterocycles. The van der Waals surface area contributed by atoms with Crippen LogP contribution in [0.1, 0.15) is 38.5 Å². The molecule has 0 aromatic carbocycles. The Balaban J connectivity index is 1.75. The molecule has 1 aliphatic heterocycles. The highest BCUT2D eigenvalue weighted by molar-refractivity contribution is 5.83. The lowest BCUT2D eigenvalue weighted by atomic mass is 9.96. The lowest BCUT2D eigenvalue weighted by Crippen LogP contribution is -2.42. The third-order valence-electron chi connectivity index (χ3n) is 4.29. The van der Waals surface area contributed by atoms with Gasteiger partial charge in [-0.3, -0.25) is 9.69 Å². The van der Waals surface area contributed by atoms with Crippen LogP contribution in [-0.2, 0) is 4.79 Å². The number of hydrogen-bond acceptors (Lipinski definition) is 3. The van der Waals surface area contributed by atoms with Crippen molar-refractivity contribution in [3.63, 3.8) is 0 Å². The SMILES string of the molecule is CNCC1CCCN(CC(=O)C2CCCC2)C1. The maximum Gasteiger partial charge on any atom is 0.149 e. The van der Waals surface area contributed by atoms with Gasteiger partial charge < -0.3 is 5.32 Å². The number of piperidine rings is 1. The van der Waals surface area contributed by atoms with Crippen LogP contribution in [0.15, 0.2) is 0 Å². The Labute approximate surface area is 105 Å². The third kappa shape index (κ3) is 3.78. The van der Waals surface area contributed by atoms with Gasteiger partial charge in [-0.1, -0.05) is 12.8 Å². The van der Waals surface area contributed by atoms with Crippen LogP contribution in [0.4, 0.5) is 0 Å². The molecule has 1 saturated carbocycles. The third-order valence-corrected chi connectivity index (χ3v) is 4.29. The van der Waals surface area contributed by atoms with Gasteiger partial charge in [0.05, 0.1) is 6.54 Å². The summed E-state index contributed by atoms with van der Waals surface area (Å²) in [6.07, 6.45) is 7.38. The fourth-order valence-electron chi connectivity index (χ4n) is 3.35. The lowest BCUT2D eigenvalue weighted by molar-refractivity contribution is -0.124. The number of carbonyl (C=O) groups is 1. The molecule has 1 aliphatic carbocycles. The molecule has 3 nitrogen and oxygen atoms in total. The van der Waals surface area contributed by atoms with Crippen LogP contribution >= 0.6 is 0 Å². The first-order valence-corrected chi connectivity index (χ1v) is 7.19. The predicted molar refractivity (Wildman–Crippen MR) is 70.1 cm³/mol. The van der Waals surface area contributed by atoms with Crippen molar-refractivity contribution in [1.82, 2.24) is 10.2 Å². The fourth-order valence-corrected chi connectivity index (χ4v) is 3.35. The van der Waals surface area contributed by atoms with Crippen molar-refractivity contribution in [2.75, 3.05) is 33.2 Å². The smallest absolute Gasteiger partial charge is 0.149 e. The molecular formula is C14H26N2O. The summed E-state index contributed by atoms with van der Waals surface area (Å²) in [7, 11) is 2.02. The van der Waals surface area contributed by atoms with Gasteiger partial charge in [0, 0.05) is 12.5 Å². The number of likely N-dealkylation sites (tertiary alicyclic amines) is 1. The summed E-state index contributed by atoms with van der Waals surface area (Å²) in [5, 5.41) is 3.25. The van der Waals surface area contributed by atoms with Gasteiger partial charge in [0.25, 0.3) is 0 Å². The second-order valence-corrected chi connectivity index (χ2v) is 5.75. The highest BCUT2D eigenvalue weighted by atomic mass is 16.1. The number of Topliss-reactive ketones (excluding diaryl/α,β-unsaturated/α-hetero) is 1. The summed E-state index contributed by atoms with van der Waals surface area (Å²) in [6.45, 7) is 4.04. The van der Waals surface area contributed by atoms with Crippen molar-refractivity contribution < 1.29 is 4.79 Å². The molecule has 1 saturated heterocycles. The normalized spacial score (nSPS) is 27.5. The molecule has 0 amide bonds. The summed E-state index contributed by atoms with van der Waals surface area (Å²) < 4.78 is 0. The molecule has 2 rings (SSSR count). The van der Waals surface area contributed by atoms with Crippen LogP contribution in [0.3, 0.4) is 0 Å². The van der Waals surface area contributed by atoms with Gasteiger partial charge in [-0.25, -0.2) is 0 Å². The van der Waals surface area contributed by atoms with Crippen LogP contribution < -0.4 is 5.32 Å². The van der Waals surface area contributed by atoms with Crippen molar-refractivity contribution in [1.29, 1.82) is 0 Å². The number of carbonyl (C=O) groups excluding carboxylic acids is 1. The van der Waals surface area contributed by atoms with E-state index in [9.17, 15) is 4.79 Å². The van der Waals surface area contributed by atoms with Gasteiger partial charge in [0.1, 0.15) is 5.78 Å². The Morgan fingerprint density at radius 1 is 1.24 bits per heavy atom. The first-order valence-electron chi connectivity index (χ1n) is 7.19. The monoisotopic (exact) mass is 238 g/mol. The standard InChI is InChI=1S/C14H26N2O/c1-15-9-12-5-4-8-16(10-12)11-14(17)13-6-2-3-7-13/h12-13,15H,2-11H2,1H3. The van der Waals surface area contributed by atoms with E-state index in [0.29, 0.717) is 18.2 Å². The van der Waals surface area contributed by atoms with E-state index < -0.39 is 0 Å². The van der Waals surface area contributed by atoms with E-state index in [1.165, 1.54) is 25.7 Å². The van der Waals surface area contributed by atoms with Crippen LogP contribution in [-0.4, -0.2) is 43.9 Å². The van der Waals surface area contributed by atoms with E-state index in [0.717, 1.165) is 38.4 Å². The molecule has 1 unspecified atom stereocenters. The largest absolute Gasteiger partial charge is 0.319 e. The van der Waals surface area contributed by atoms with Gasteiger partial charge in [-0.2, -0.15) is 0 Å². The van der Waals surface area contributed by atoms with Crippen molar-refractivity contribution in [3.05, 3.63) is 0 Å². The molecule has 98 valence electrons. The van der Waals surface area contributed by atoms with Gasteiger partial charge in [0.2, 0.25) is 0 Å². The molecule has 0 spiro atoms. The Bertz CT molecular complexity index is 247. The molecule has 0 radical (unpaired) electrons. The van der Waals surface area contributed by atoms with Crippen molar-refractivity contribution in [3.8, 4) is 0 Å². The van der Waals surface area contributed by atoms with E-state index >= 15 is 0 Å². The molecule has 2 aliphatic rings. The lowest BCUT2D eigenvalue weighted by Gasteiger charge is -2.32. The number of hydrogen-bond donors (Lipinski definition) is 1. The number of nitrogens with one attached hydrogen (secondary N) is 1. The summed E-state index contributed by atoms with van der Waals surface area (Å²) in [6, 6.07) is 0. The van der Waals surface area contributed by atoms with Crippen LogP contribution in [0.2, 0.25) is 0 Å². The predicted octanol–water partition coefficient (Wildman–Crippen LogP) is 1.68. The summed E-state index contributed by atoms with van der Waals surface area (Å²) in [5.41, 5.74) is 0. The topological polar surface area (TPSA) is 32.3 Å². The van der Waals surface area contributed by atoms with Crippen molar-refractivity contribution >= 4 is 5.78 Å². The number of ketones is 1. The van der Waals surface area contributed by atoms with E-state index in [1.54, 1.807) is 0 Å². The molecule has 2 fully saturated rings. The van der Waals surface area contributed by atoms with Crippen LogP contribution in [0.5, 0.6) is 0 Å². The van der Waals surface area contributed by atoms with Crippen molar-refractivity contribution in [2.24, 2.45) is 11.8 Å². The molecule has 3 heteroatoms. The van der Waals surface area contributed by atoms with E-state index in [1.807, 2.05) is 7.05 Å². The summed E-state index contributed by atoms with van der Waals surface area (Å²) >= 11 is 0. The first kappa shape index (κ1) is 13.0. The van der Waals surface area contributed by atoms with Gasteiger partial charge in [0.15, 0.2) is 0 Å². The summed E-state index contributed by atoms with van der Waals surface area (Å²) in [5.74, 6) is 1.64. The molecule has 0 aromatic rings. The maximum absolute atomic E-state index is 12.1. The average molecular weight is 238 g/mol. The van der Waals surface area contributed by atoms with E-state index in [2.05, 4.69) is 10.2 Å². The minimum Gasteiger partial charge on any atom is -0.319 e. The second-order valence-electron chi connectivity index (χ2n) is 5.75. The number of rotatable bonds is 5. The Morgan fingerprint density at radius 2 is 2.00 bits per heavy atom. The molecular weight excluding hydrogens is 212 g/mol. The highest BCUT2D eigenvalue weighted by Crippen LogP contribution is 2.26. The van der Waals surface area contributed by atoms with Gasteiger partial charge >= 0.3 is 0 Å². The first-order chi connectivity index (χ1) is 8.29. The fraction of sp³-hybridized carbons (Fsp3) is 0.929. The summed E-state index contributed by atoms with van der Waals surface area (Å²) in [4.78, 5) is 14.5. The molecule has 0 aromatic heterocycles. The Hall–Kier alpha value is -0.410. The van der Waals surface area contributed by atoms with Gasteiger partial charge in [-0.15, -0.1) is 0 Å². The quantitative estimate of drug-likeness (QED) is 0.791. The molecule has 1 N–H and O–H groups in total. The van der Waals surface area contributed by atoms with Crippen LogP contribution in [0.25, 0.3) is 0 Å². The zero-order valence-electron chi connectivity index (χ0n) is 11.1. The average Bonchev–Trinajstić information content (AvgIpc) is 2.83. The minimum atomic E-state index is 0.389.